The molecule has 0 saturated carbocycles. The van der Waals surface area contributed by atoms with Gasteiger partial charge in [-0.1, -0.05) is 24.6 Å². The van der Waals surface area contributed by atoms with E-state index in [2.05, 4.69) is 4.99 Å². The topological polar surface area (TPSA) is 47.6 Å². The molecule has 96 valence electrons. The Morgan fingerprint density at radius 3 is 2.74 bits per heavy atom. The Bertz CT molecular complexity index is 501. The van der Waals surface area contributed by atoms with Crippen molar-refractivity contribution in [3.63, 3.8) is 0 Å². The third-order valence-electron chi connectivity index (χ3n) is 2.39. The van der Waals surface area contributed by atoms with Crippen LogP contribution in [0.2, 0.25) is 5.02 Å². The summed E-state index contributed by atoms with van der Waals surface area (Å²) < 4.78 is 5.52. The van der Waals surface area contributed by atoms with E-state index in [1.54, 1.807) is 31.3 Å². The van der Waals surface area contributed by atoms with Crippen molar-refractivity contribution < 1.29 is 4.74 Å². The molecule has 1 aromatic rings. The van der Waals surface area contributed by atoms with Crippen LogP contribution in [-0.4, -0.2) is 33.9 Å². The van der Waals surface area contributed by atoms with E-state index < -0.39 is 5.40 Å². The van der Waals surface area contributed by atoms with Crippen LogP contribution in [0, 0.1) is 0 Å². The van der Waals surface area contributed by atoms with Crippen molar-refractivity contribution in [2.75, 3.05) is 12.8 Å². The Balaban J connectivity index is 2.97. The van der Waals surface area contributed by atoms with E-state index in [0.29, 0.717) is 22.2 Å². The first-order valence-corrected chi connectivity index (χ1v) is 6.24. The molecular weight excluding hydrogens is 257 g/mol. The highest BCUT2D eigenvalue weighted by Crippen LogP contribution is 2.28. The molecule has 6 heteroatoms. The first-order valence-electron chi connectivity index (χ1n) is 5.86. The number of nitrogens with two attached hydrogens (primary N) is 1. The molecule has 1 rings (SSSR count). The molecule has 3 nitrogen and oxygen atoms in total. The van der Waals surface area contributed by atoms with Crippen LogP contribution in [0.3, 0.4) is 0 Å². The fourth-order valence-electron chi connectivity index (χ4n) is 1.44. The summed E-state index contributed by atoms with van der Waals surface area (Å²) in [5.74, 6) is 0.354. The van der Waals surface area contributed by atoms with Gasteiger partial charge in [-0.3, -0.25) is 4.99 Å². The summed E-state index contributed by atoms with van der Waals surface area (Å²) in [5, 5.41) is -1.21. The van der Waals surface area contributed by atoms with E-state index in [9.17, 15) is 0 Å². The van der Waals surface area contributed by atoms with Crippen molar-refractivity contribution in [2.24, 2.45) is 4.99 Å². The third-order valence-corrected chi connectivity index (χ3v) is 2.68. The molecular formula is C13H15B2ClN2O. The van der Waals surface area contributed by atoms with Crippen LogP contribution < -0.4 is 10.5 Å². The molecule has 0 aliphatic heterocycles. The van der Waals surface area contributed by atoms with Crippen molar-refractivity contribution >= 4 is 38.7 Å². The molecule has 0 saturated heterocycles. The summed E-state index contributed by atoms with van der Waals surface area (Å²) in [6.45, 7) is 2.00. The summed E-state index contributed by atoms with van der Waals surface area (Å²) in [6.07, 6.45) is 4.47. The Labute approximate surface area is 121 Å². The number of benzene rings is 1. The minimum absolute atomic E-state index is 0.343. The molecule has 1 aromatic carbocycles. The summed E-state index contributed by atoms with van der Waals surface area (Å²) in [4.78, 5) is 4.03. The largest absolute Gasteiger partial charge is 0.499 e. The van der Waals surface area contributed by atoms with Gasteiger partial charge in [-0.2, -0.15) is 0 Å². The number of halogens is 1. The molecule has 0 amide bonds. The standard InChI is InChI=1S/C13H15B2ClN2O/c1-3-4-5-12(18-2)13(14,15)19-11-7-6-9(17)8-10(11)16/h4-8H,3,17H2,1-2H3/b5-4-,18-12?. The number of aliphatic imine (C=N–C) groups is 1. The lowest BCUT2D eigenvalue weighted by Gasteiger charge is -2.28. The van der Waals surface area contributed by atoms with Crippen molar-refractivity contribution in [1.82, 2.24) is 0 Å². The van der Waals surface area contributed by atoms with Gasteiger partial charge in [0.25, 0.3) is 0 Å². The second kappa shape index (κ2) is 6.71. The molecule has 0 spiro atoms. The monoisotopic (exact) mass is 272 g/mol. The molecule has 4 radical (unpaired) electrons. The van der Waals surface area contributed by atoms with Crippen LogP contribution >= 0.6 is 11.6 Å². The van der Waals surface area contributed by atoms with Gasteiger partial charge in [0.2, 0.25) is 0 Å². The zero-order valence-electron chi connectivity index (χ0n) is 11.1. The quantitative estimate of drug-likeness (QED) is 0.508. The number of rotatable bonds is 5. The van der Waals surface area contributed by atoms with Gasteiger partial charge in [0.05, 0.1) is 16.1 Å². The maximum absolute atomic E-state index is 6.01. The predicted octanol–water partition coefficient (Wildman–Crippen LogP) is 2.33. The fourth-order valence-corrected chi connectivity index (χ4v) is 1.67. The molecule has 0 aromatic heterocycles. The van der Waals surface area contributed by atoms with E-state index in [1.807, 2.05) is 13.0 Å². The summed E-state index contributed by atoms with van der Waals surface area (Å²) in [7, 11) is 13.5. The number of ether oxygens (including phenoxy) is 1. The van der Waals surface area contributed by atoms with Crippen molar-refractivity contribution in [2.45, 2.75) is 18.7 Å². The van der Waals surface area contributed by atoms with Gasteiger partial charge in [-0.05, 0) is 30.7 Å². The van der Waals surface area contributed by atoms with E-state index in [-0.39, 0.29) is 0 Å². The Morgan fingerprint density at radius 1 is 1.53 bits per heavy atom. The van der Waals surface area contributed by atoms with Crippen LogP contribution in [0.1, 0.15) is 13.3 Å². The van der Waals surface area contributed by atoms with Crippen LogP contribution in [0.4, 0.5) is 5.69 Å². The fraction of sp³-hybridized carbons (Fsp3) is 0.308. The molecule has 0 bridgehead atoms. The molecule has 0 heterocycles. The number of nitrogen functional groups attached to an aromatic ring is 1. The van der Waals surface area contributed by atoms with Crippen LogP contribution in [0.15, 0.2) is 35.3 Å². The minimum Gasteiger partial charge on any atom is -0.499 e. The van der Waals surface area contributed by atoms with E-state index in [1.165, 1.54) is 0 Å². The van der Waals surface area contributed by atoms with Crippen LogP contribution in [0.5, 0.6) is 5.75 Å². The maximum Gasteiger partial charge on any atom is 0.137 e. The Morgan fingerprint density at radius 2 is 2.21 bits per heavy atom. The molecule has 0 fully saturated rings. The van der Waals surface area contributed by atoms with E-state index >= 15 is 0 Å². The zero-order valence-corrected chi connectivity index (χ0v) is 11.8. The molecule has 0 aliphatic rings. The third kappa shape index (κ3) is 4.35. The normalized spacial score (nSPS) is 12.9. The van der Waals surface area contributed by atoms with Gasteiger partial charge in [0, 0.05) is 12.7 Å². The summed E-state index contributed by atoms with van der Waals surface area (Å²) in [5.41, 5.74) is 6.56. The van der Waals surface area contributed by atoms with Gasteiger partial charge in [-0.25, -0.2) is 0 Å². The lowest BCUT2D eigenvalue weighted by molar-refractivity contribution is 0.306. The molecule has 0 aliphatic carbocycles. The summed E-state index contributed by atoms with van der Waals surface area (Å²) in [6, 6.07) is 4.84. The number of anilines is 1. The Kier molecular flexibility index (Phi) is 5.55. The van der Waals surface area contributed by atoms with Gasteiger partial charge in [0.1, 0.15) is 21.4 Å². The average molecular weight is 272 g/mol. The first kappa shape index (κ1) is 15.7. The highest BCUT2D eigenvalue weighted by atomic mass is 35.5. The molecule has 0 unspecified atom stereocenters. The smallest absolute Gasteiger partial charge is 0.137 e. The van der Waals surface area contributed by atoms with Crippen LogP contribution in [-0.2, 0) is 0 Å². The number of nitrogens with zero attached hydrogens (tertiary/aromatic N) is 1. The molecule has 2 N–H and O–H groups in total. The Hall–Kier alpha value is -1.35. The maximum atomic E-state index is 6.01. The molecule has 19 heavy (non-hydrogen) atoms. The first-order chi connectivity index (χ1) is 8.90. The lowest BCUT2D eigenvalue weighted by atomic mass is 9.62. The van der Waals surface area contributed by atoms with Gasteiger partial charge >= 0.3 is 0 Å². The predicted molar refractivity (Wildman–Crippen MR) is 83.5 cm³/mol. The average Bonchev–Trinajstić information content (AvgIpc) is 2.33. The van der Waals surface area contributed by atoms with Crippen molar-refractivity contribution in [3.8, 4) is 5.75 Å². The summed E-state index contributed by atoms with van der Waals surface area (Å²) >= 11 is 6.01. The van der Waals surface area contributed by atoms with Gasteiger partial charge < -0.3 is 10.5 Å². The zero-order chi connectivity index (χ0) is 14.5. The van der Waals surface area contributed by atoms with Crippen molar-refractivity contribution in [1.29, 1.82) is 0 Å². The SMILES string of the molecule is [B]C([B])(Oc1ccc(N)cc1Cl)C(/C=C\CC)=NC. The highest BCUT2D eigenvalue weighted by Gasteiger charge is 2.24. The van der Waals surface area contributed by atoms with Crippen LogP contribution in [0.25, 0.3) is 0 Å². The highest BCUT2D eigenvalue weighted by molar-refractivity contribution is 6.52. The number of hydrogen-bond donors (Lipinski definition) is 1. The van der Waals surface area contributed by atoms with E-state index in [0.717, 1.165) is 6.42 Å². The van der Waals surface area contributed by atoms with Gasteiger partial charge in [-0.15, -0.1) is 0 Å². The molecule has 0 atom stereocenters. The second-order valence-corrected chi connectivity index (χ2v) is 4.41. The second-order valence-electron chi connectivity index (χ2n) is 4.00. The van der Waals surface area contributed by atoms with E-state index in [4.69, 9.17) is 37.8 Å². The number of hydrogen-bond acceptors (Lipinski definition) is 3. The number of allylic oxidation sites excluding steroid dienone is 1. The minimum atomic E-state index is -1.56. The van der Waals surface area contributed by atoms with Gasteiger partial charge in [0.15, 0.2) is 0 Å². The van der Waals surface area contributed by atoms with Crippen molar-refractivity contribution in [3.05, 3.63) is 35.4 Å². The lowest BCUT2D eigenvalue weighted by Crippen LogP contribution is -2.45.